The highest BCUT2D eigenvalue weighted by atomic mass is 35.5. The Morgan fingerprint density at radius 3 is 2.84 bits per heavy atom. The molecule has 0 saturated heterocycles. The molecule has 3 N–H and O–H groups in total. The predicted molar refractivity (Wildman–Crippen MR) is 117 cm³/mol. The molecule has 1 aliphatic heterocycles. The molecule has 7 nitrogen and oxygen atoms in total. The van der Waals surface area contributed by atoms with Gasteiger partial charge in [-0.3, -0.25) is 0 Å². The molecule has 3 aromatic rings. The fourth-order valence-corrected chi connectivity index (χ4v) is 3.43. The summed E-state index contributed by atoms with van der Waals surface area (Å²) in [7, 11) is 1.55. The number of nitrogens with one attached hydrogen (secondary N) is 2. The van der Waals surface area contributed by atoms with Gasteiger partial charge in [-0.15, -0.1) is 0 Å². The lowest BCUT2D eigenvalue weighted by molar-refractivity contribution is -0.0338. The first-order valence-corrected chi connectivity index (χ1v) is 9.78. The summed E-state index contributed by atoms with van der Waals surface area (Å²) in [6, 6.07) is 11.3. The molecule has 0 aliphatic carbocycles. The van der Waals surface area contributed by atoms with Crippen LogP contribution in [0.5, 0.6) is 11.5 Å². The van der Waals surface area contributed by atoms with Crippen LogP contribution in [0.15, 0.2) is 53.7 Å². The van der Waals surface area contributed by atoms with E-state index < -0.39 is 11.7 Å². The number of nitrogens with zero attached hydrogens (tertiary/aromatic N) is 2. The Morgan fingerprint density at radius 1 is 1.23 bits per heavy atom. The fourth-order valence-electron chi connectivity index (χ4n) is 3.23. The number of phenolic OH excluding ortho intramolecular Hbond substituents is 1. The first-order chi connectivity index (χ1) is 14.9. The lowest BCUT2D eigenvalue weighted by atomic mass is 10.0. The number of pyridine rings is 1. The number of halogens is 2. The van der Waals surface area contributed by atoms with Crippen molar-refractivity contribution in [3.05, 3.63) is 76.3 Å². The molecule has 9 heteroatoms. The number of fused-ring (bicyclic) bond motifs is 1. The molecule has 1 unspecified atom stereocenters. The van der Waals surface area contributed by atoms with Crippen LogP contribution in [0, 0.1) is 12.7 Å². The van der Waals surface area contributed by atoms with Gasteiger partial charge in [0.05, 0.1) is 31.3 Å². The number of hydrogen-bond acceptors (Lipinski definition) is 7. The first kappa shape index (κ1) is 20.9. The van der Waals surface area contributed by atoms with E-state index in [-0.39, 0.29) is 18.0 Å². The van der Waals surface area contributed by atoms with Gasteiger partial charge in [0, 0.05) is 18.0 Å². The van der Waals surface area contributed by atoms with Crippen LogP contribution in [-0.2, 0) is 17.2 Å². The van der Waals surface area contributed by atoms with Crippen LogP contribution in [0.3, 0.4) is 0 Å². The third-order valence-corrected chi connectivity index (χ3v) is 5.09. The molecule has 0 saturated carbocycles. The van der Waals surface area contributed by atoms with E-state index in [9.17, 15) is 9.50 Å². The summed E-state index contributed by atoms with van der Waals surface area (Å²) in [4.78, 5) is 8.45. The SMILES string of the molecule is COc1ccc2c(c1)C(Nc1cc(O)c(C)cc1F)(OCc1ccnc(Cl)c1)N=CN2. The molecule has 31 heavy (non-hydrogen) atoms. The number of aryl methyl sites for hydroxylation is 1. The maximum Gasteiger partial charge on any atom is 0.268 e. The van der Waals surface area contributed by atoms with Crippen molar-refractivity contribution in [1.82, 2.24) is 4.98 Å². The highest BCUT2D eigenvalue weighted by molar-refractivity contribution is 6.29. The summed E-state index contributed by atoms with van der Waals surface area (Å²) in [5.41, 5.74) is 2.48. The second kappa shape index (κ2) is 8.41. The molecule has 2 aromatic carbocycles. The number of aromatic hydroxyl groups is 1. The lowest BCUT2D eigenvalue weighted by Gasteiger charge is -2.36. The van der Waals surface area contributed by atoms with Gasteiger partial charge in [-0.05, 0) is 54.4 Å². The summed E-state index contributed by atoms with van der Waals surface area (Å²) < 4.78 is 26.3. The van der Waals surface area contributed by atoms with Crippen molar-refractivity contribution in [2.75, 3.05) is 17.7 Å². The van der Waals surface area contributed by atoms with Crippen LogP contribution in [0.2, 0.25) is 5.15 Å². The zero-order valence-electron chi connectivity index (χ0n) is 16.8. The van der Waals surface area contributed by atoms with Crippen molar-refractivity contribution in [2.45, 2.75) is 19.4 Å². The minimum Gasteiger partial charge on any atom is -0.508 e. The maximum absolute atomic E-state index is 14.7. The molecule has 1 atom stereocenters. The van der Waals surface area contributed by atoms with Crippen LogP contribution in [-0.4, -0.2) is 23.5 Å². The van der Waals surface area contributed by atoms with E-state index >= 15 is 0 Å². The molecule has 1 aromatic heterocycles. The van der Waals surface area contributed by atoms with E-state index in [2.05, 4.69) is 20.6 Å². The molecular formula is C22H20ClFN4O3. The Morgan fingerprint density at radius 2 is 2.06 bits per heavy atom. The molecule has 1 aliphatic rings. The van der Waals surface area contributed by atoms with Gasteiger partial charge in [0.2, 0.25) is 0 Å². The summed E-state index contributed by atoms with van der Waals surface area (Å²) >= 11 is 5.99. The zero-order valence-corrected chi connectivity index (χ0v) is 17.6. The van der Waals surface area contributed by atoms with Crippen LogP contribution < -0.4 is 15.4 Å². The average Bonchev–Trinajstić information content (AvgIpc) is 2.76. The average molecular weight is 443 g/mol. The normalized spacial score (nSPS) is 17.0. The van der Waals surface area contributed by atoms with Gasteiger partial charge in [-0.1, -0.05) is 11.6 Å². The van der Waals surface area contributed by atoms with Gasteiger partial charge in [0.25, 0.3) is 5.85 Å². The number of benzene rings is 2. The Hall–Kier alpha value is -3.36. The topological polar surface area (TPSA) is 88.0 Å². The number of anilines is 2. The predicted octanol–water partition coefficient (Wildman–Crippen LogP) is 4.79. The summed E-state index contributed by atoms with van der Waals surface area (Å²) in [5.74, 6) is -1.54. The standard InChI is InChI=1S/C22H20ClFN4O3/c1-13-7-17(24)19(10-20(13)29)28-22(31-11-14-5-6-25-21(23)8-14)16-9-15(30-2)3-4-18(16)26-12-27-22/h3-10,12,28-29H,11H2,1-2H3,(H,26,27). The number of ether oxygens (including phenoxy) is 2. The van der Waals surface area contributed by atoms with Crippen molar-refractivity contribution in [2.24, 2.45) is 4.99 Å². The van der Waals surface area contributed by atoms with Crippen molar-refractivity contribution in [3.63, 3.8) is 0 Å². The second-order valence-corrected chi connectivity index (χ2v) is 7.36. The van der Waals surface area contributed by atoms with E-state index in [4.69, 9.17) is 21.1 Å². The smallest absolute Gasteiger partial charge is 0.268 e. The minimum absolute atomic E-state index is 0.0312. The van der Waals surface area contributed by atoms with Gasteiger partial charge < -0.3 is 25.2 Å². The number of methoxy groups -OCH3 is 1. The van der Waals surface area contributed by atoms with Crippen molar-refractivity contribution >= 4 is 29.3 Å². The van der Waals surface area contributed by atoms with E-state index in [0.29, 0.717) is 27.7 Å². The van der Waals surface area contributed by atoms with E-state index in [1.165, 1.54) is 18.5 Å². The zero-order chi connectivity index (χ0) is 22.0. The largest absolute Gasteiger partial charge is 0.508 e. The van der Waals surface area contributed by atoms with Gasteiger partial charge in [-0.2, -0.15) is 0 Å². The summed E-state index contributed by atoms with van der Waals surface area (Å²) in [5, 5.41) is 16.5. The molecule has 0 amide bonds. The van der Waals surface area contributed by atoms with Crippen LogP contribution in [0.1, 0.15) is 16.7 Å². The van der Waals surface area contributed by atoms with Gasteiger partial charge in [0.15, 0.2) is 0 Å². The Kier molecular flexibility index (Phi) is 5.67. The molecular weight excluding hydrogens is 423 g/mol. The first-order valence-electron chi connectivity index (χ1n) is 9.40. The van der Waals surface area contributed by atoms with E-state index in [1.807, 2.05) is 6.07 Å². The molecule has 4 rings (SSSR count). The van der Waals surface area contributed by atoms with Crippen LogP contribution in [0.4, 0.5) is 15.8 Å². The molecule has 160 valence electrons. The van der Waals surface area contributed by atoms with E-state index in [0.717, 1.165) is 5.56 Å². The Bertz CT molecular complexity index is 1160. The van der Waals surface area contributed by atoms with Gasteiger partial charge in [-0.25, -0.2) is 14.4 Å². The molecule has 0 spiro atoms. The van der Waals surface area contributed by atoms with Gasteiger partial charge in [0.1, 0.15) is 22.5 Å². The van der Waals surface area contributed by atoms with Crippen LogP contribution >= 0.6 is 11.6 Å². The highest BCUT2D eigenvalue weighted by Gasteiger charge is 2.38. The summed E-state index contributed by atoms with van der Waals surface area (Å²) in [6.07, 6.45) is 3.04. The quantitative estimate of drug-likeness (QED) is 0.376. The van der Waals surface area contributed by atoms with E-state index in [1.54, 1.807) is 44.5 Å². The number of rotatable bonds is 6. The third kappa shape index (κ3) is 4.26. The third-order valence-electron chi connectivity index (χ3n) is 4.89. The second-order valence-electron chi connectivity index (χ2n) is 6.98. The number of hydrogen-bond donors (Lipinski definition) is 3. The number of aliphatic imine (C=N–C) groups is 1. The highest BCUT2D eigenvalue weighted by Crippen LogP contribution is 2.40. The molecule has 2 heterocycles. The number of aromatic nitrogens is 1. The van der Waals surface area contributed by atoms with Crippen molar-refractivity contribution in [1.29, 1.82) is 0 Å². The molecule has 0 bridgehead atoms. The van der Waals surface area contributed by atoms with Crippen molar-refractivity contribution < 1.29 is 19.0 Å². The van der Waals surface area contributed by atoms with Gasteiger partial charge >= 0.3 is 0 Å². The lowest BCUT2D eigenvalue weighted by Crippen LogP contribution is -2.40. The number of phenols is 1. The minimum atomic E-state index is -1.51. The monoisotopic (exact) mass is 442 g/mol. The Labute approximate surface area is 183 Å². The molecule has 0 radical (unpaired) electrons. The molecule has 0 fully saturated rings. The maximum atomic E-state index is 14.7. The van der Waals surface area contributed by atoms with Crippen molar-refractivity contribution in [3.8, 4) is 11.5 Å². The Balaban J connectivity index is 1.79. The summed E-state index contributed by atoms with van der Waals surface area (Å²) in [6.45, 7) is 1.72. The van der Waals surface area contributed by atoms with Crippen LogP contribution in [0.25, 0.3) is 0 Å². The fraction of sp³-hybridized carbons (Fsp3) is 0.182.